The molecule has 0 spiro atoms. The van der Waals surface area contributed by atoms with Crippen LogP contribution in [0.15, 0.2) is 24.3 Å². The maximum atomic E-state index is 13.3. The summed E-state index contributed by atoms with van der Waals surface area (Å²) in [4.78, 5) is 37.8. The average molecular weight is 316 g/mol. The van der Waals surface area contributed by atoms with Crippen LogP contribution < -0.4 is 5.32 Å². The first-order valence-corrected chi connectivity index (χ1v) is 7.96. The number of nitrogens with one attached hydrogen (secondary N) is 1. The Morgan fingerprint density at radius 2 is 2.04 bits per heavy atom. The first kappa shape index (κ1) is 14.4. The fourth-order valence-corrected chi connectivity index (χ4v) is 3.47. The molecule has 1 aromatic carbocycles. The molecule has 3 amide bonds. The molecule has 4 rings (SSSR count). The highest BCUT2D eigenvalue weighted by Crippen LogP contribution is 2.50. The summed E-state index contributed by atoms with van der Waals surface area (Å²) >= 11 is 0. The Bertz CT molecular complexity index is 701. The Morgan fingerprint density at radius 3 is 2.65 bits per heavy atom. The van der Waals surface area contributed by atoms with E-state index in [0.717, 1.165) is 18.4 Å². The molecule has 0 radical (unpaired) electrons. The van der Waals surface area contributed by atoms with Gasteiger partial charge in [0.25, 0.3) is 0 Å². The summed E-state index contributed by atoms with van der Waals surface area (Å²) in [6.07, 6.45) is 2.48. The van der Waals surface area contributed by atoms with Crippen molar-refractivity contribution in [1.29, 1.82) is 0 Å². The molecule has 0 bridgehead atoms. The van der Waals surface area contributed by atoms with Gasteiger partial charge in [0.05, 0.1) is 6.42 Å². The van der Waals surface area contributed by atoms with Gasteiger partial charge in [-0.2, -0.15) is 0 Å². The van der Waals surface area contributed by atoms with Gasteiger partial charge in [0.15, 0.2) is 0 Å². The van der Waals surface area contributed by atoms with E-state index in [-0.39, 0.29) is 47.8 Å². The van der Waals surface area contributed by atoms with Crippen LogP contribution in [0, 0.1) is 11.7 Å². The minimum Gasteiger partial charge on any atom is -0.327 e. The summed E-state index contributed by atoms with van der Waals surface area (Å²) in [7, 11) is 0. The van der Waals surface area contributed by atoms with Gasteiger partial charge in [-0.15, -0.1) is 0 Å². The zero-order valence-corrected chi connectivity index (χ0v) is 12.5. The lowest BCUT2D eigenvalue weighted by Crippen LogP contribution is -2.46. The maximum Gasteiger partial charge on any atom is 0.249 e. The van der Waals surface area contributed by atoms with Gasteiger partial charge in [0, 0.05) is 12.0 Å². The number of halogens is 1. The third kappa shape index (κ3) is 2.62. The number of nitrogens with zero attached hydrogens (tertiary/aromatic N) is 1. The molecule has 3 fully saturated rings. The summed E-state index contributed by atoms with van der Waals surface area (Å²) in [5.74, 6) is -1.27. The van der Waals surface area contributed by atoms with Crippen molar-refractivity contribution < 1.29 is 18.8 Å². The predicted octanol–water partition coefficient (Wildman–Crippen LogP) is 1.34. The van der Waals surface area contributed by atoms with Gasteiger partial charge in [0.2, 0.25) is 17.7 Å². The molecule has 2 aliphatic carbocycles. The molecule has 3 atom stereocenters. The first-order valence-electron chi connectivity index (χ1n) is 7.96. The lowest BCUT2D eigenvalue weighted by molar-refractivity contribution is -0.140. The molecule has 0 aromatic heterocycles. The lowest BCUT2D eigenvalue weighted by Gasteiger charge is -2.27. The highest BCUT2D eigenvalue weighted by Gasteiger charge is 2.52. The van der Waals surface area contributed by atoms with Gasteiger partial charge in [-0.1, -0.05) is 12.1 Å². The Morgan fingerprint density at radius 1 is 1.26 bits per heavy atom. The molecule has 1 aliphatic heterocycles. The second-order valence-electron chi connectivity index (χ2n) is 6.61. The van der Waals surface area contributed by atoms with Crippen molar-refractivity contribution in [1.82, 2.24) is 10.2 Å². The molecular weight excluding hydrogens is 299 g/mol. The molecule has 6 heteroatoms. The first-order chi connectivity index (χ1) is 11.0. The summed E-state index contributed by atoms with van der Waals surface area (Å²) in [5, 5.41) is 2.27. The molecule has 2 saturated carbocycles. The zero-order valence-electron chi connectivity index (χ0n) is 12.5. The predicted molar refractivity (Wildman–Crippen MR) is 78.7 cm³/mol. The third-order valence-electron chi connectivity index (χ3n) is 4.86. The summed E-state index contributed by atoms with van der Waals surface area (Å²) < 4.78 is 13.3. The molecule has 3 aliphatic rings. The lowest BCUT2D eigenvalue weighted by atomic mass is 10.1. The second kappa shape index (κ2) is 5.15. The smallest absolute Gasteiger partial charge is 0.249 e. The molecule has 5 nitrogen and oxygen atoms in total. The van der Waals surface area contributed by atoms with E-state index in [4.69, 9.17) is 0 Å². The molecule has 1 heterocycles. The van der Waals surface area contributed by atoms with E-state index in [1.807, 2.05) is 6.07 Å². The van der Waals surface area contributed by atoms with E-state index in [1.54, 1.807) is 11.0 Å². The van der Waals surface area contributed by atoms with Crippen molar-refractivity contribution in [2.24, 2.45) is 5.92 Å². The highest BCUT2D eigenvalue weighted by atomic mass is 19.1. The van der Waals surface area contributed by atoms with Crippen molar-refractivity contribution in [3.8, 4) is 0 Å². The number of carbonyl (C=O) groups is 3. The standard InChI is InChI=1S/C17H17FN2O3/c18-10-3-1-2-9(6-10)12-7-13(12)17(23)20(11-4-5-11)14-8-15(21)19-16(14)22/h1-3,6,11-14H,4-5,7-8H2,(H,19,21,22). The maximum absolute atomic E-state index is 13.3. The topological polar surface area (TPSA) is 66.5 Å². The van der Waals surface area contributed by atoms with Crippen molar-refractivity contribution in [2.75, 3.05) is 0 Å². The van der Waals surface area contributed by atoms with Crippen LogP contribution in [0.4, 0.5) is 4.39 Å². The molecule has 1 N–H and O–H groups in total. The van der Waals surface area contributed by atoms with Crippen LogP contribution in [0.2, 0.25) is 0 Å². The number of amides is 3. The van der Waals surface area contributed by atoms with Crippen molar-refractivity contribution in [3.05, 3.63) is 35.6 Å². The van der Waals surface area contributed by atoms with Gasteiger partial charge in [-0.25, -0.2) is 4.39 Å². The van der Waals surface area contributed by atoms with Crippen LogP contribution in [-0.4, -0.2) is 34.7 Å². The van der Waals surface area contributed by atoms with E-state index < -0.39 is 6.04 Å². The van der Waals surface area contributed by atoms with Crippen LogP contribution >= 0.6 is 0 Å². The summed E-state index contributed by atoms with van der Waals surface area (Å²) in [6, 6.07) is 5.72. The number of benzene rings is 1. The normalized spacial score (nSPS) is 29.3. The Labute approximate surface area is 132 Å². The minimum absolute atomic E-state index is 0.0135. The molecule has 1 aromatic rings. The Kier molecular flexibility index (Phi) is 3.21. The minimum atomic E-state index is -0.670. The fraction of sp³-hybridized carbons (Fsp3) is 0.471. The molecular formula is C17H17FN2O3. The molecule has 23 heavy (non-hydrogen) atoms. The van der Waals surface area contributed by atoms with Crippen LogP contribution in [0.25, 0.3) is 0 Å². The molecule has 1 saturated heterocycles. The number of hydrogen-bond donors (Lipinski definition) is 1. The van der Waals surface area contributed by atoms with E-state index in [1.165, 1.54) is 12.1 Å². The van der Waals surface area contributed by atoms with Crippen LogP contribution in [0.5, 0.6) is 0 Å². The number of imide groups is 1. The van der Waals surface area contributed by atoms with E-state index in [2.05, 4.69) is 5.32 Å². The third-order valence-corrected chi connectivity index (χ3v) is 4.86. The van der Waals surface area contributed by atoms with Gasteiger partial charge in [-0.05, 0) is 42.9 Å². The summed E-state index contributed by atoms with van der Waals surface area (Å²) in [5.41, 5.74) is 0.825. The zero-order chi connectivity index (χ0) is 16.1. The molecule has 3 unspecified atom stereocenters. The van der Waals surface area contributed by atoms with E-state index in [9.17, 15) is 18.8 Å². The van der Waals surface area contributed by atoms with Gasteiger partial charge >= 0.3 is 0 Å². The van der Waals surface area contributed by atoms with Crippen LogP contribution in [0.3, 0.4) is 0 Å². The van der Waals surface area contributed by atoms with Crippen molar-refractivity contribution in [2.45, 2.75) is 43.7 Å². The van der Waals surface area contributed by atoms with Crippen LogP contribution in [-0.2, 0) is 14.4 Å². The van der Waals surface area contributed by atoms with Gasteiger partial charge in [-0.3, -0.25) is 19.7 Å². The number of hydrogen-bond acceptors (Lipinski definition) is 3. The average Bonchev–Trinajstić information content (AvgIpc) is 3.40. The van der Waals surface area contributed by atoms with Gasteiger partial charge in [0.1, 0.15) is 11.9 Å². The van der Waals surface area contributed by atoms with Crippen molar-refractivity contribution >= 4 is 17.7 Å². The van der Waals surface area contributed by atoms with Crippen molar-refractivity contribution in [3.63, 3.8) is 0 Å². The monoisotopic (exact) mass is 316 g/mol. The second-order valence-corrected chi connectivity index (χ2v) is 6.61. The highest BCUT2D eigenvalue weighted by molar-refractivity contribution is 6.07. The Balaban J connectivity index is 1.51. The van der Waals surface area contributed by atoms with Gasteiger partial charge < -0.3 is 4.90 Å². The SMILES string of the molecule is O=C1CC(N(C(=O)C2CC2c2cccc(F)c2)C2CC2)C(=O)N1. The fourth-order valence-electron chi connectivity index (χ4n) is 3.47. The molecule has 120 valence electrons. The van der Waals surface area contributed by atoms with Crippen LogP contribution in [0.1, 0.15) is 37.2 Å². The van der Waals surface area contributed by atoms with E-state index in [0.29, 0.717) is 6.42 Å². The Hall–Kier alpha value is -2.24. The largest absolute Gasteiger partial charge is 0.327 e. The number of carbonyl (C=O) groups excluding carboxylic acids is 3. The summed E-state index contributed by atoms with van der Waals surface area (Å²) in [6.45, 7) is 0. The number of rotatable bonds is 4. The quantitative estimate of drug-likeness (QED) is 0.852. The van der Waals surface area contributed by atoms with E-state index >= 15 is 0 Å².